The molecule has 29 heavy (non-hydrogen) atoms. The molecule has 4 aromatic rings. The molecule has 0 aromatic heterocycles. The minimum Gasteiger partial charge on any atom is -0.143 e. The zero-order valence-electron chi connectivity index (χ0n) is 16.9. The summed E-state index contributed by atoms with van der Waals surface area (Å²) in [5, 5.41) is 0. The molecular weight excluding hydrogens is 368 g/mol. The summed E-state index contributed by atoms with van der Waals surface area (Å²) in [6.45, 7) is 6.60. The minimum atomic E-state index is -0.266. The molecule has 1 spiro atoms. The monoisotopic (exact) mass is 390 g/mol. The summed E-state index contributed by atoms with van der Waals surface area (Å²) in [5.41, 5.74) is 14.6. The normalized spacial score (nSPS) is 14.5. The highest BCUT2D eigenvalue weighted by Gasteiger charge is 2.51. The first-order chi connectivity index (χ1) is 14.0. The third-order valence-electron chi connectivity index (χ3n) is 6.72. The number of fused-ring (bicyclic) bond motifs is 10. The van der Waals surface area contributed by atoms with Gasteiger partial charge in [0.05, 0.1) is 5.41 Å². The fourth-order valence-corrected chi connectivity index (χ4v) is 5.76. The number of thiol groups is 1. The molecule has 0 unspecified atom stereocenters. The van der Waals surface area contributed by atoms with Gasteiger partial charge in [-0.05, 0) is 77.4 Å². The molecule has 0 saturated heterocycles. The van der Waals surface area contributed by atoms with E-state index in [0.29, 0.717) is 0 Å². The highest BCUT2D eigenvalue weighted by Crippen LogP contribution is 2.63. The summed E-state index contributed by atoms with van der Waals surface area (Å²) >= 11 is 4.74. The van der Waals surface area contributed by atoms with Crippen molar-refractivity contribution in [3.05, 3.63) is 112 Å². The molecule has 0 saturated carbocycles. The molecule has 6 rings (SSSR count). The summed E-state index contributed by atoms with van der Waals surface area (Å²) < 4.78 is 0. The van der Waals surface area contributed by atoms with E-state index in [0.717, 1.165) is 4.90 Å². The van der Waals surface area contributed by atoms with Crippen LogP contribution in [0.25, 0.3) is 22.3 Å². The Balaban J connectivity index is 1.88. The van der Waals surface area contributed by atoms with Gasteiger partial charge in [-0.3, -0.25) is 0 Å². The minimum absolute atomic E-state index is 0.266. The molecule has 0 atom stereocenters. The Morgan fingerprint density at radius 1 is 0.483 bits per heavy atom. The Bertz CT molecular complexity index is 1130. The van der Waals surface area contributed by atoms with Gasteiger partial charge in [0, 0.05) is 4.90 Å². The summed E-state index contributed by atoms with van der Waals surface area (Å²) in [7, 11) is 0. The van der Waals surface area contributed by atoms with Crippen LogP contribution in [0.5, 0.6) is 0 Å². The third kappa shape index (κ3) is 2.06. The lowest BCUT2D eigenvalue weighted by atomic mass is 9.70. The maximum Gasteiger partial charge on any atom is 0.0726 e. The van der Waals surface area contributed by atoms with Crippen LogP contribution in [0.4, 0.5) is 0 Å². The van der Waals surface area contributed by atoms with Crippen molar-refractivity contribution in [3.8, 4) is 22.3 Å². The van der Waals surface area contributed by atoms with E-state index < -0.39 is 0 Å². The van der Waals surface area contributed by atoms with Crippen molar-refractivity contribution in [1.82, 2.24) is 0 Å². The predicted octanol–water partition coefficient (Wildman–Crippen LogP) is 7.24. The SMILES string of the molecule is Cc1ccc2c(c1)C1(c3cc(C)ccc3-2)c2cc(C)ccc2-c2ccc(S)cc21. The number of hydrogen-bond acceptors (Lipinski definition) is 1. The van der Waals surface area contributed by atoms with Gasteiger partial charge in [-0.1, -0.05) is 77.4 Å². The molecule has 2 aliphatic carbocycles. The first-order valence-corrected chi connectivity index (χ1v) is 10.6. The van der Waals surface area contributed by atoms with E-state index in [4.69, 9.17) is 12.6 Å². The molecule has 0 amide bonds. The van der Waals surface area contributed by atoms with Crippen molar-refractivity contribution in [3.63, 3.8) is 0 Å². The highest BCUT2D eigenvalue weighted by molar-refractivity contribution is 7.80. The molecule has 0 radical (unpaired) electrons. The molecule has 0 nitrogen and oxygen atoms in total. The number of hydrogen-bond donors (Lipinski definition) is 1. The molecule has 1 heteroatoms. The van der Waals surface area contributed by atoms with Gasteiger partial charge < -0.3 is 0 Å². The Kier molecular flexibility index (Phi) is 3.33. The van der Waals surface area contributed by atoms with Crippen LogP contribution >= 0.6 is 12.6 Å². The van der Waals surface area contributed by atoms with Gasteiger partial charge in [0.2, 0.25) is 0 Å². The zero-order chi connectivity index (χ0) is 19.9. The van der Waals surface area contributed by atoms with E-state index in [-0.39, 0.29) is 5.41 Å². The van der Waals surface area contributed by atoms with Gasteiger partial charge >= 0.3 is 0 Å². The average Bonchev–Trinajstić information content (AvgIpc) is 3.13. The molecule has 0 N–H and O–H groups in total. The van der Waals surface area contributed by atoms with E-state index in [1.54, 1.807) is 0 Å². The lowest BCUT2D eigenvalue weighted by molar-refractivity contribution is 0.788. The fraction of sp³-hybridized carbons (Fsp3) is 0.143. The average molecular weight is 391 g/mol. The van der Waals surface area contributed by atoms with E-state index >= 15 is 0 Å². The molecule has 0 fully saturated rings. The lowest BCUT2D eigenvalue weighted by Gasteiger charge is -2.31. The first kappa shape index (κ1) is 17.1. The Hall–Kier alpha value is -2.77. The van der Waals surface area contributed by atoms with Gasteiger partial charge in [0.25, 0.3) is 0 Å². The van der Waals surface area contributed by atoms with Crippen molar-refractivity contribution in [1.29, 1.82) is 0 Å². The molecular formula is C28H22S. The largest absolute Gasteiger partial charge is 0.143 e. The topological polar surface area (TPSA) is 0 Å². The summed E-state index contributed by atoms with van der Waals surface area (Å²) in [5.74, 6) is 0. The van der Waals surface area contributed by atoms with E-state index in [1.165, 1.54) is 61.2 Å². The predicted molar refractivity (Wildman–Crippen MR) is 124 cm³/mol. The second kappa shape index (κ2) is 5.64. The van der Waals surface area contributed by atoms with Gasteiger partial charge in [-0.2, -0.15) is 0 Å². The quantitative estimate of drug-likeness (QED) is 0.260. The van der Waals surface area contributed by atoms with Crippen LogP contribution in [0.15, 0.2) is 77.7 Å². The fourth-order valence-electron chi connectivity index (χ4n) is 5.56. The Morgan fingerprint density at radius 2 is 0.828 bits per heavy atom. The van der Waals surface area contributed by atoms with Gasteiger partial charge in [0.15, 0.2) is 0 Å². The van der Waals surface area contributed by atoms with E-state index in [9.17, 15) is 0 Å². The summed E-state index contributed by atoms with van der Waals surface area (Å²) in [4.78, 5) is 1.02. The van der Waals surface area contributed by atoms with Crippen LogP contribution in [0.3, 0.4) is 0 Å². The van der Waals surface area contributed by atoms with Crippen LogP contribution in [0, 0.1) is 20.8 Å². The molecule has 4 aromatic carbocycles. The maximum atomic E-state index is 4.74. The molecule has 0 aliphatic heterocycles. The van der Waals surface area contributed by atoms with Gasteiger partial charge in [0.1, 0.15) is 0 Å². The molecule has 0 bridgehead atoms. The smallest absolute Gasteiger partial charge is 0.0726 e. The van der Waals surface area contributed by atoms with Crippen molar-refractivity contribution >= 4 is 12.6 Å². The van der Waals surface area contributed by atoms with Crippen molar-refractivity contribution in [2.75, 3.05) is 0 Å². The summed E-state index contributed by atoms with van der Waals surface area (Å²) in [6, 6.07) is 27.5. The standard InChI is InChI=1S/C28H22S/c1-16-4-8-20-21-9-5-17(2)13-25(21)28(24(20)12-16)26-14-18(3)6-10-22(26)23-11-7-19(29)15-27(23)28/h4-15,29H,1-3H3. The first-order valence-electron chi connectivity index (χ1n) is 10.2. The Labute approximate surface area is 177 Å². The molecule has 2 aliphatic rings. The Morgan fingerprint density at radius 3 is 1.24 bits per heavy atom. The highest BCUT2D eigenvalue weighted by atomic mass is 32.1. The number of rotatable bonds is 0. The van der Waals surface area contributed by atoms with Crippen LogP contribution in [0.2, 0.25) is 0 Å². The number of aryl methyl sites for hydroxylation is 3. The maximum absolute atomic E-state index is 4.74. The molecule has 0 heterocycles. The van der Waals surface area contributed by atoms with Crippen LogP contribution in [-0.2, 0) is 5.41 Å². The van der Waals surface area contributed by atoms with Gasteiger partial charge in [-0.25, -0.2) is 0 Å². The van der Waals surface area contributed by atoms with E-state index in [2.05, 4.69) is 93.6 Å². The van der Waals surface area contributed by atoms with Crippen molar-refractivity contribution in [2.24, 2.45) is 0 Å². The summed E-state index contributed by atoms with van der Waals surface area (Å²) in [6.07, 6.45) is 0. The second-order valence-electron chi connectivity index (χ2n) is 8.63. The number of benzene rings is 4. The van der Waals surface area contributed by atoms with E-state index in [1.807, 2.05) is 0 Å². The third-order valence-corrected chi connectivity index (χ3v) is 7.00. The van der Waals surface area contributed by atoms with Gasteiger partial charge in [-0.15, -0.1) is 12.6 Å². The van der Waals surface area contributed by atoms with Crippen LogP contribution in [0.1, 0.15) is 38.9 Å². The zero-order valence-corrected chi connectivity index (χ0v) is 17.8. The second-order valence-corrected chi connectivity index (χ2v) is 9.14. The molecule has 140 valence electrons. The van der Waals surface area contributed by atoms with Crippen molar-refractivity contribution < 1.29 is 0 Å². The lowest BCUT2D eigenvalue weighted by Crippen LogP contribution is -2.26. The van der Waals surface area contributed by atoms with Crippen LogP contribution in [-0.4, -0.2) is 0 Å². The van der Waals surface area contributed by atoms with Crippen molar-refractivity contribution in [2.45, 2.75) is 31.1 Å². The van der Waals surface area contributed by atoms with Crippen LogP contribution < -0.4 is 0 Å².